The first-order valence-corrected chi connectivity index (χ1v) is 16.9. The number of hydrazone groups is 1. The summed E-state index contributed by atoms with van der Waals surface area (Å²) >= 11 is 2.67. The van der Waals surface area contributed by atoms with E-state index in [-0.39, 0.29) is 30.2 Å². The number of aryl methyl sites for hydroxylation is 1. The van der Waals surface area contributed by atoms with Crippen molar-refractivity contribution in [1.82, 2.24) is 25.1 Å². The van der Waals surface area contributed by atoms with Crippen LogP contribution in [0.15, 0.2) is 94.5 Å². The molecule has 1 atom stereocenters. The lowest BCUT2D eigenvalue weighted by atomic mass is 9.98. The molecule has 0 fully saturated rings. The van der Waals surface area contributed by atoms with Gasteiger partial charge in [0.15, 0.2) is 11.0 Å². The Morgan fingerprint density at radius 3 is 2.34 bits per heavy atom. The zero-order chi connectivity index (χ0) is 32.9. The molecule has 5 aromatic rings. The summed E-state index contributed by atoms with van der Waals surface area (Å²) in [5.41, 5.74) is 5.75. The van der Waals surface area contributed by atoms with E-state index in [0.29, 0.717) is 22.3 Å². The molecule has 2 aromatic heterocycles. The highest BCUT2D eigenvalue weighted by atomic mass is 32.2. The molecule has 0 spiro atoms. The number of methoxy groups -OCH3 is 2. The Morgan fingerprint density at radius 2 is 1.66 bits per heavy atom. The third-order valence-corrected chi connectivity index (χ3v) is 9.87. The molecule has 12 heteroatoms. The van der Waals surface area contributed by atoms with Crippen molar-refractivity contribution in [3.8, 4) is 17.2 Å². The number of nitrogens with zero attached hydrogens (tertiary/aromatic N) is 5. The molecule has 0 saturated heterocycles. The van der Waals surface area contributed by atoms with Crippen LogP contribution in [-0.4, -0.2) is 57.3 Å². The van der Waals surface area contributed by atoms with Crippen LogP contribution in [0.2, 0.25) is 0 Å². The molecule has 10 nitrogen and oxygen atoms in total. The van der Waals surface area contributed by atoms with Gasteiger partial charge < -0.3 is 14.8 Å². The lowest BCUT2D eigenvalue weighted by Crippen LogP contribution is -2.28. The number of rotatable bonds is 11. The summed E-state index contributed by atoms with van der Waals surface area (Å²) in [6.45, 7) is 4.26. The van der Waals surface area contributed by atoms with E-state index in [1.165, 1.54) is 23.1 Å². The first-order valence-electron chi connectivity index (χ1n) is 15.0. The highest BCUT2D eigenvalue weighted by Crippen LogP contribution is 2.35. The molecular formula is C35H34N6O4S2. The molecular weight excluding hydrogens is 633 g/mol. The molecule has 1 unspecified atom stereocenters. The summed E-state index contributed by atoms with van der Waals surface area (Å²) < 4.78 is 12.6. The number of nitrogens with one attached hydrogen (secondary N) is 1. The fourth-order valence-corrected chi connectivity index (χ4v) is 6.81. The van der Waals surface area contributed by atoms with Gasteiger partial charge in [0.1, 0.15) is 11.5 Å². The number of carbonyl (C=O) groups is 2. The van der Waals surface area contributed by atoms with Gasteiger partial charge >= 0.3 is 0 Å². The largest absolute Gasteiger partial charge is 0.497 e. The molecule has 1 aliphatic rings. The normalized spacial score (nSPS) is 14.2. The lowest BCUT2D eigenvalue weighted by molar-refractivity contribution is -0.130. The first-order chi connectivity index (χ1) is 22.9. The number of amides is 2. The van der Waals surface area contributed by atoms with E-state index < -0.39 is 0 Å². The minimum absolute atomic E-state index is 0.0800. The maximum absolute atomic E-state index is 14.0. The highest BCUT2D eigenvalue weighted by molar-refractivity contribution is 7.99. The summed E-state index contributed by atoms with van der Waals surface area (Å²) in [4.78, 5) is 27.3. The van der Waals surface area contributed by atoms with E-state index in [2.05, 4.69) is 15.5 Å². The number of thioether (sulfide) groups is 1. The molecule has 1 N–H and O–H groups in total. The van der Waals surface area contributed by atoms with Crippen LogP contribution in [0, 0.1) is 13.8 Å². The zero-order valence-corrected chi connectivity index (χ0v) is 28.1. The molecule has 2 amide bonds. The number of carbonyl (C=O) groups excluding carboxylic acids is 2. The van der Waals surface area contributed by atoms with Gasteiger partial charge in [0.2, 0.25) is 0 Å². The summed E-state index contributed by atoms with van der Waals surface area (Å²) in [6, 6.07) is 24.8. The Bertz CT molecular complexity index is 1900. The summed E-state index contributed by atoms with van der Waals surface area (Å²) in [6.07, 6.45) is 0.557. The van der Waals surface area contributed by atoms with Crippen molar-refractivity contribution in [1.29, 1.82) is 0 Å². The molecule has 240 valence electrons. The zero-order valence-electron chi connectivity index (χ0n) is 26.5. The van der Waals surface area contributed by atoms with Crippen molar-refractivity contribution >= 4 is 40.6 Å². The van der Waals surface area contributed by atoms with Gasteiger partial charge in [-0.25, -0.2) is 5.01 Å². The fourth-order valence-electron chi connectivity index (χ4n) is 5.36. The number of hydrogen-bond donors (Lipinski definition) is 1. The maximum atomic E-state index is 14.0. The molecule has 1 aliphatic heterocycles. The Hall–Kier alpha value is -4.94. The minimum Gasteiger partial charge on any atom is -0.497 e. The average molecular weight is 667 g/mol. The first kappa shape index (κ1) is 32.0. The van der Waals surface area contributed by atoms with Crippen LogP contribution in [-0.2, 0) is 11.3 Å². The Morgan fingerprint density at radius 1 is 0.936 bits per heavy atom. The van der Waals surface area contributed by atoms with Gasteiger partial charge in [0.05, 0.1) is 48.8 Å². The predicted molar refractivity (Wildman–Crippen MR) is 184 cm³/mol. The minimum atomic E-state index is -0.286. The van der Waals surface area contributed by atoms with Gasteiger partial charge in [0, 0.05) is 6.42 Å². The molecule has 0 bridgehead atoms. The summed E-state index contributed by atoms with van der Waals surface area (Å²) in [5, 5.41) is 20.7. The molecule has 3 aromatic carbocycles. The Labute approximate surface area is 281 Å². The van der Waals surface area contributed by atoms with Gasteiger partial charge in [0.25, 0.3) is 11.8 Å². The van der Waals surface area contributed by atoms with Crippen LogP contribution in [0.4, 0.5) is 0 Å². The third-order valence-electron chi connectivity index (χ3n) is 8.08. The number of hydrogen-bond acceptors (Lipinski definition) is 9. The second-order valence-corrected chi connectivity index (χ2v) is 12.8. The van der Waals surface area contributed by atoms with E-state index in [1.807, 2.05) is 96.6 Å². The van der Waals surface area contributed by atoms with E-state index in [9.17, 15) is 9.59 Å². The number of aromatic nitrogens is 3. The fraction of sp³-hybridized carbons (Fsp3) is 0.229. The van der Waals surface area contributed by atoms with Crippen LogP contribution in [0.25, 0.3) is 5.69 Å². The molecule has 6 rings (SSSR count). The van der Waals surface area contributed by atoms with Gasteiger partial charge in [-0.05, 0) is 90.0 Å². The van der Waals surface area contributed by atoms with Gasteiger partial charge in [-0.15, -0.1) is 21.5 Å². The summed E-state index contributed by atoms with van der Waals surface area (Å²) in [5.74, 6) is 1.80. The van der Waals surface area contributed by atoms with Gasteiger partial charge in [-0.3, -0.25) is 14.2 Å². The van der Waals surface area contributed by atoms with Crippen LogP contribution >= 0.6 is 23.1 Å². The SMILES string of the molecule is COc1ccc(C2=NN(C(=O)CSc3nnc(CNC(=O)c4cccs4)n3-c3cccc(C)c3C)C(c3ccc(OC)cc3)C2)cc1. The average Bonchev–Trinajstić information content (AvgIpc) is 3.88. The number of benzene rings is 3. The van der Waals surface area contributed by atoms with Crippen molar-refractivity contribution in [2.45, 2.75) is 38.0 Å². The molecule has 47 heavy (non-hydrogen) atoms. The van der Waals surface area contributed by atoms with Gasteiger partial charge in [-0.2, -0.15) is 5.10 Å². The third kappa shape index (κ3) is 6.93. The van der Waals surface area contributed by atoms with Crippen LogP contribution < -0.4 is 14.8 Å². The molecule has 0 saturated carbocycles. The number of ether oxygens (including phenoxy) is 2. The van der Waals surface area contributed by atoms with Crippen molar-refractivity contribution < 1.29 is 19.1 Å². The second-order valence-electron chi connectivity index (χ2n) is 10.9. The van der Waals surface area contributed by atoms with E-state index >= 15 is 0 Å². The molecule has 0 aliphatic carbocycles. The monoisotopic (exact) mass is 666 g/mol. The van der Waals surface area contributed by atoms with E-state index in [0.717, 1.165) is 45.2 Å². The molecule has 0 radical (unpaired) electrons. The lowest BCUT2D eigenvalue weighted by Gasteiger charge is -2.22. The molecule has 3 heterocycles. The summed E-state index contributed by atoms with van der Waals surface area (Å²) in [7, 11) is 3.26. The Balaban J connectivity index is 1.27. The van der Waals surface area contributed by atoms with Crippen LogP contribution in [0.3, 0.4) is 0 Å². The van der Waals surface area contributed by atoms with E-state index in [4.69, 9.17) is 14.6 Å². The van der Waals surface area contributed by atoms with E-state index in [1.54, 1.807) is 25.3 Å². The second kappa shape index (κ2) is 14.2. The van der Waals surface area contributed by atoms with Crippen LogP contribution in [0.1, 0.15) is 50.2 Å². The van der Waals surface area contributed by atoms with Crippen molar-refractivity contribution in [3.05, 3.63) is 117 Å². The van der Waals surface area contributed by atoms with Crippen molar-refractivity contribution in [3.63, 3.8) is 0 Å². The van der Waals surface area contributed by atoms with Crippen molar-refractivity contribution in [2.75, 3.05) is 20.0 Å². The topological polar surface area (TPSA) is 111 Å². The predicted octanol–water partition coefficient (Wildman–Crippen LogP) is 6.36. The standard InChI is InChI=1S/C35H34N6O4S2/c1-22-7-5-8-29(23(22)2)40-32(20-36-34(43)31-9-6-18-46-31)37-38-35(40)47-21-33(42)41-30(25-12-16-27(45-4)17-13-25)19-28(39-41)24-10-14-26(44-3)15-11-24/h5-18,30H,19-21H2,1-4H3,(H,36,43). The number of thiophene rings is 1. The maximum Gasteiger partial charge on any atom is 0.261 e. The highest BCUT2D eigenvalue weighted by Gasteiger charge is 2.33. The van der Waals surface area contributed by atoms with Crippen LogP contribution in [0.5, 0.6) is 11.5 Å². The van der Waals surface area contributed by atoms with Crippen molar-refractivity contribution in [2.24, 2.45) is 5.10 Å². The Kier molecular flexibility index (Phi) is 9.69. The quantitative estimate of drug-likeness (QED) is 0.163. The smallest absolute Gasteiger partial charge is 0.261 e. The van der Waals surface area contributed by atoms with Gasteiger partial charge in [-0.1, -0.05) is 42.1 Å².